The van der Waals surface area contributed by atoms with Crippen LogP contribution in [0.1, 0.15) is 30.7 Å². The van der Waals surface area contributed by atoms with Gasteiger partial charge in [-0.1, -0.05) is 0 Å². The first kappa shape index (κ1) is 17.4. The minimum absolute atomic E-state index is 0.0197. The predicted molar refractivity (Wildman–Crippen MR) is 103 cm³/mol. The highest BCUT2D eigenvalue weighted by Crippen LogP contribution is 2.26. The molecule has 2 aliphatic heterocycles. The summed E-state index contributed by atoms with van der Waals surface area (Å²) in [6, 6.07) is 5.85. The summed E-state index contributed by atoms with van der Waals surface area (Å²) in [5.41, 5.74) is 1.72. The van der Waals surface area contributed by atoms with Crippen molar-refractivity contribution in [3.05, 3.63) is 23.2 Å². The molecule has 2 aromatic rings. The number of likely N-dealkylation sites (tertiary alicyclic amines) is 1. The number of hydrogen-bond acceptors (Lipinski definition) is 5. The first-order valence-electron chi connectivity index (χ1n) is 9.30. The first-order valence-corrected chi connectivity index (χ1v) is 10.1. The Labute approximate surface area is 157 Å². The lowest BCUT2D eigenvalue weighted by molar-refractivity contribution is -0.136. The highest BCUT2D eigenvalue weighted by Gasteiger charge is 2.31. The summed E-state index contributed by atoms with van der Waals surface area (Å²) in [4.78, 5) is 31.4. The first-order chi connectivity index (χ1) is 12.6. The normalized spacial score (nSPS) is 21.3. The molecular weight excluding hydrogens is 348 g/mol. The average Bonchev–Trinajstić information content (AvgIpc) is 3.29. The van der Waals surface area contributed by atoms with E-state index in [0.717, 1.165) is 53.1 Å². The SMILES string of the molecule is Cc1nc2cc(NC(=O)C3CCN(C(=O)[C@@H]4CCCN4)CC3)ccc2s1. The highest BCUT2D eigenvalue weighted by molar-refractivity contribution is 7.18. The van der Waals surface area contributed by atoms with Gasteiger partial charge in [0.15, 0.2) is 0 Å². The van der Waals surface area contributed by atoms with Crippen LogP contribution in [-0.2, 0) is 9.59 Å². The number of hydrogen-bond donors (Lipinski definition) is 2. The lowest BCUT2D eigenvalue weighted by Gasteiger charge is -2.33. The molecule has 0 unspecified atom stereocenters. The third kappa shape index (κ3) is 3.59. The molecule has 2 aliphatic rings. The molecule has 0 radical (unpaired) electrons. The summed E-state index contributed by atoms with van der Waals surface area (Å²) in [7, 11) is 0. The molecule has 1 aromatic carbocycles. The smallest absolute Gasteiger partial charge is 0.239 e. The van der Waals surface area contributed by atoms with Crippen molar-refractivity contribution in [3.8, 4) is 0 Å². The highest BCUT2D eigenvalue weighted by atomic mass is 32.1. The number of benzene rings is 1. The standard InChI is InChI=1S/C19H24N4O2S/c1-12-21-16-11-14(4-5-17(16)26-12)22-18(24)13-6-9-23(10-7-13)19(25)15-3-2-8-20-15/h4-5,11,13,15,20H,2-3,6-10H2,1H3,(H,22,24)/t15-/m0/s1. The van der Waals surface area contributed by atoms with E-state index in [1.165, 1.54) is 0 Å². The van der Waals surface area contributed by atoms with E-state index >= 15 is 0 Å². The number of amides is 2. The molecule has 1 aromatic heterocycles. The van der Waals surface area contributed by atoms with E-state index in [2.05, 4.69) is 15.6 Å². The lowest BCUT2D eigenvalue weighted by atomic mass is 9.95. The molecule has 7 heteroatoms. The summed E-state index contributed by atoms with van der Waals surface area (Å²) < 4.78 is 1.13. The molecule has 1 atom stereocenters. The van der Waals surface area contributed by atoms with Crippen molar-refractivity contribution in [2.75, 3.05) is 25.0 Å². The molecule has 0 bridgehead atoms. The van der Waals surface area contributed by atoms with Gasteiger partial charge in [-0.2, -0.15) is 0 Å². The molecule has 2 saturated heterocycles. The van der Waals surface area contributed by atoms with Crippen LogP contribution in [-0.4, -0.2) is 47.4 Å². The third-order valence-corrected chi connectivity index (χ3v) is 6.25. The molecule has 2 N–H and O–H groups in total. The zero-order valence-electron chi connectivity index (χ0n) is 15.0. The minimum Gasteiger partial charge on any atom is -0.341 e. The Bertz CT molecular complexity index is 820. The van der Waals surface area contributed by atoms with E-state index in [-0.39, 0.29) is 23.8 Å². The van der Waals surface area contributed by atoms with Gasteiger partial charge in [-0.15, -0.1) is 11.3 Å². The van der Waals surface area contributed by atoms with Gasteiger partial charge in [-0.05, 0) is 57.4 Å². The van der Waals surface area contributed by atoms with Crippen molar-refractivity contribution in [1.29, 1.82) is 0 Å². The molecule has 138 valence electrons. The van der Waals surface area contributed by atoms with Gasteiger partial charge >= 0.3 is 0 Å². The molecule has 4 rings (SSSR count). The van der Waals surface area contributed by atoms with Crippen molar-refractivity contribution in [2.24, 2.45) is 5.92 Å². The van der Waals surface area contributed by atoms with Crippen molar-refractivity contribution < 1.29 is 9.59 Å². The zero-order chi connectivity index (χ0) is 18.1. The van der Waals surface area contributed by atoms with Gasteiger partial charge in [0.2, 0.25) is 11.8 Å². The van der Waals surface area contributed by atoms with Crippen molar-refractivity contribution in [2.45, 2.75) is 38.6 Å². The number of carbonyl (C=O) groups is 2. The Morgan fingerprint density at radius 1 is 1.27 bits per heavy atom. The van der Waals surface area contributed by atoms with Gasteiger partial charge in [0.25, 0.3) is 0 Å². The van der Waals surface area contributed by atoms with E-state index in [1.807, 2.05) is 30.0 Å². The zero-order valence-corrected chi connectivity index (χ0v) is 15.8. The van der Waals surface area contributed by atoms with Crippen molar-refractivity contribution in [1.82, 2.24) is 15.2 Å². The van der Waals surface area contributed by atoms with Crippen molar-refractivity contribution >= 4 is 39.1 Å². The van der Waals surface area contributed by atoms with E-state index in [0.29, 0.717) is 13.1 Å². The number of anilines is 1. The maximum absolute atomic E-state index is 12.6. The topological polar surface area (TPSA) is 74.3 Å². The van der Waals surface area contributed by atoms with Crippen LogP contribution < -0.4 is 10.6 Å². The van der Waals surface area contributed by atoms with Crippen LogP contribution in [0.4, 0.5) is 5.69 Å². The molecule has 3 heterocycles. The van der Waals surface area contributed by atoms with Crippen LogP contribution in [0.25, 0.3) is 10.2 Å². The van der Waals surface area contributed by atoms with Gasteiger partial charge in [0.1, 0.15) is 0 Å². The summed E-state index contributed by atoms with van der Waals surface area (Å²) in [6.07, 6.45) is 3.45. The number of aromatic nitrogens is 1. The van der Waals surface area contributed by atoms with Gasteiger partial charge in [0, 0.05) is 24.7 Å². The van der Waals surface area contributed by atoms with Crippen LogP contribution in [0.3, 0.4) is 0 Å². The number of nitrogens with one attached hydrogen (secondary N) is 2. The van der Waals surface area contributed by atoms with Gasteiger partial charge in [0.05, 0.1) is 21.3 Å². The van der Waals surface area contributed by atoms with Crippen LogP contribution in [0.15, 0.2) is 18.2 Å². The molecule has 26 heavy (non-hydrogen) atoms. The number of aryl methyl sites for hydroxylation is 1. The van der Waals surface area contributed by atoms with E-state index < -0.39 is 0 Å². The molecular formula is C19H24N4O2S. The summed E-state index contributed by atoms with van der Waals surface area (Å²) in [5, 5.41) is 7.31. The number of fused-ring (bicyclic) bond motifs is 1. The monoisotopic (exact) mass is 372 g/mol. The number of nitrogens with zero attached hydrogens (tertiary/aromatic N) is 2. The van der Waals surface area contributed by atoms with Crippen molar-refractivity contribution in [3.63, 3.8) is 0 Å². The molecule has 0 spiro atoms. The van der Waals surface area contributed by atoms with Gasteiger partial charge in [-0.3, -0.25) is 9.59 Å². The fraction of sp³-hybridized carbons (Fsp3) is 0.526. The second kappa shape index (κ2) is 7.32. The van der Waals surface area contributed by atoms with Crippen LogP contribution in [0, 0.1) is 12.8 Å². The third-order valence-electron chi connectivity index (χ3n) is 5.30. The largest absolute Gasteiger partial charge is 0.341 e. The van der Waals surface area contributed by atoms with Gasteiger partial charge in [-0.25, -0.2) is 4.98 Å². The van der Waals surface area contributed by atoms with E-state index in [9.17, 15) is 9.59 Å². The van der Waals surface area contributed by atoms with E-state index in [4.69, 9.17) is 0 Å². The number of carbonyl (C=O) groups excluding carboxylic acids is 2. The number of rotatable bonds is 3. The quantitative estimate of drug-likeness (QED) is 0.868. The van der Waals surface area contributed by atoms with Gasteiger partial charge < -0.3 is 15.5 Å². The maximum atomic E-state index is 12.6. The lowest BCUT2D eigenvalue weighted by Crippen LogP contribution is -2.48. The van der Waals surface area contributed by atoms with Crippen LogP contribution in [0.5, 0.6) is 0 Å². The Morgan fingerprint density at radius 3 is 2.81 bits per heavy atom. The average molecular weight is 372 g/mol. The summed E-state index contributed by atoms with van der Waals surface area (Å²) >= 11 is 1.65. The van der Waals surface area contributed by atoms with E-state index in [1.54, 1.807) is 11.3 Å². The predicted octanol–water partition coefficient (Wildman–Crippen LogP) is 2.53. The second-order valence-electron chi connectivity index (χ2n) is 7.15. The molecule has 6 nitrogen and oxygen atoms in total. The number of thiazole rings is 1. The Kier molecular flexibility index (Phi) is 4.91. The fourth-order valence-electron chi connectivity index (χ4n) is 3.84. The Balaban J connectivity index is 1.33. The molecule has 0 saturated carbocycles. The fourth-order valence-corrected chi connectivity index (χ4v) is 4.65. The summed E-state index contributed by atoms with van der Waals surface area (Å²) in [6.45, 7) is 4.25. The molecule has 2 amide bonds. The van der Waals surface area contributed by atoms with Crippen LogP contribution in [0.2, 0.25) is 0 Å². The number of piperidine rings is 1. The van der Waals surface area contributed by atoms with Crippen LogP contribution >= 0.6 is 11.3 Å². The Hall–Kier alpha value is -1.99. The minimum atomic E-state index is -0.0385. The Morgan fingerprint density at radius 2 is 2.08 bits per heavy atom. The molecule has 0 aliphatic carbocycles. The summed E-state index contributed by atoms with van der Waals surface area (Å²) in [5.74, 6) is 0.205. The maximum Gasteiger partial charge on any atom is 0.239 e. The molecule has 2 fully saturated rings. The second-order valence-corrected chi connectivity index (χ2v) is 8.39.